The van der Waals surface area contributed by atoms with E-state index in [2.05, 4.69) is 26.4 Å². The zero-order valence-corrected chi connectivity index (χ0v) is 17.1. The monoisotopic (exact) mass is 411 g/mol. The summed E-state index contributed by atoms with van der Waals surface area (Å²) in [5.41, 5.74) is 5.51. The lowest BCUT2D eigenvalue weighted by Crippen LogP contribution is -2.07. The first kappa shape index (κ1) is 18.5. The molecule has 3 aromatic heterocycles. The number of aromatic nitrogens is 4. The standard InChI is InChI=1S/C20H18ClN5OS/c1-11-13(19(21)26(3)25-11)8-9-17(27)24-20-23-16(10-28-20)18-12(2)22-15-7-5-4-6-14(15)18/h4-10,22H,1-3H3,(H,23,24,27)/b9-8+. The van der Waals surface area contributed by atoms with Gasteiger partial charge in [0, 0.05) is 46.2 Å². The molecule has 142 valence electrons. The zero-order chi connectivity index (χ0) is 19.8. The third-order valence-corrected chi connectivity index (χ3v) is 5.69. The van der Waals surface area contributed by atoms with Gasteiger partial charge in [0.25, 0.3) is 0 Å². The molecule has 4 rings (SSSR count). The van der Waals surface area contributed by atoms with E-state index >= 15 is 0 Å². The van der Waals surface area contributed by atoms with E-state index in [1.807, 2.05) is 37.4 Å². The summed E-state index contributed by atoms with van der Waals surface area (Å²) >= 11 is 7.58. The highest BCUT2D eigenvalue weighted by Gasteiger charge is 2.14. The lowest BCUT2D eigenvalue weighted by atomic mass is 10.1. The van der Waals surface area contributed by atoms with Crippen molar-refractivity contribution in [2.75, 3.05) is 5.32 Å². The minimum Gasteiger partial charge on any atom is -0.358 e. The zero-order valence-electron chi connectivity index (χ0n) is 15.6. The summed E-state index contributed by atoms with van der Waals surface area (Å²) in [5.74, 6) is -0.268. The number of rotatable bonds is 4. The van der Waals surface area contributed by atoms with E-state index in [0.717, 1.165) is 39.1 Å². The first-order valence-electron chi connectivity index (χ1n) is 8.65. The number of hydrogen-bond acceptors (Lipinski definition) is 4. The van der Waals surface area contributed by atoms with Gasteiger partial charge in [0.2, 0.25) is 5.91 Å². The molecule has 0 fully saturated rings. The fourth-order valence-electron chi connectivity index (χ4n) is 3.19. The molecule has 0 saturated carbocycles. The van der Waals surface area contributed by atoms with Gasteiger partial charge in [0.15, 0.2) is 5.13 Å². The van der Waals surface area contributed by atoms with Crippen LogP contribution in [-0.4, -0.2) is 25.7 Å². The van der Waals surface area contributed by atoms with Gasteiger partial charge in [-0.3, -0.25) is 14.8 Å². The minimum absolute atomic E-state index is 0.268. The first-order valence-corrected chi connectivity index (χ1v) is 9.91. The number of benzene rings is 1. The second-order valence-corrected chi connectivity index (χ2v) is 7.66. The second-order valence-electron chi connectivity index (χ2n) is 6.44. The van der Waals surface area contributed by atoms with Gasteiger partial charge in [0.1, 0.15) is 5.15 Å². The summed E-state index contributed by atoms with van der Waals surface area (Å²) in [6.45, 7) is 3.87. The van der Waals surface area contributed by atoms with E-state index in [1.54, 1.807) is 17.8 Å². The van der Waals surface area contributed by atoms with Crippen LogP contribution in [0.15, 0.2) is 35.7 Å². The lowest BCUT2D eigenvalue weighted by Gasteiger charge is -1.98. The van der Waals surface area contributed by atoms with E-state index in [9.17, 15) is 4.79 Å². The van der Waals surface area contributed by atoms with Crippen molar-refractivity contribution in [3.8, 4) is 11.3 Å². The fraction of sp³-hybridized carbons (Fsp3) is 0.150. The molecular weight excluding hydrogens is 394 g/mol. The lowest BCUT2D eigenvalue weighted by molar-refractivity contribution is -0.111. The minimum atomic E-state index is -0.268. The van der Waals surface area contributed by atoms with Crippen molar-refractivity contribution in [3.63, 3.8) is 0 Å². The number of aryl methyl sites for hydroxylation is 3. The third-order valence-electron chi connectivity index (χ3n) is 4.48. The Hall–Kier alpha value is -2.90. The maximum atomic E-state index is 12.3. The maximum Gasteiger partial charge on any atom is 0.250 e. The number of amides is 1. The highest BCUT2D eigenvalue weighted by molar-refractivity contribution is 7.14. The van der Waals surface area contributed by atoms with Gasteiger partial charge in [-0.1, -0.05) is 29.8 Å². The van der Waals surface area contributed by atoms with Gasteiger partial charge in [-0.25, -0.2) is 4.98 Å². The number of thiazole rings is 1. The number of nitrogens with one attached hydrogen (secondary N) is 2. The fourth-order valence-corrected chi connectivity index (χ4v) is 4.14. The molecule has 0 aliphatic carbocycles. The Morgan fingerprint density at radius 1 is 1.32 bits per heavy atom. The summed E-state index contributed by atoms with van der Waals surface area (Å²) in [6, 6.07) is 8.10. The highest BCUT2D eigenvalue weighted by Crippen LogP contribution is 2.33. The van der Waals surface area contributed by atoms with Crippen LogP contribution >= 0.6 is 22.9 Å². The molecule has 3 heterocycles. The number of carbonyl (C=O) groups is 1. The SMILES string of the molecule is Cc1nn(C)c(Cl)c1/C=C/C(=O)Nc1nc(-c2c(C)[nH]c3ccccc23)cs1. The molecule has 0 unspecified atom stereocenters. The molecule has 1 aromatic carbocycles. The normalized spacial score (nSPS) is 11.6. The second kappa shape index (κ2) is 7.26. The van der Waals surface area contributed by atoms with Crippen LogP contribution < -0.4 is 5.32 Å². The smallest absolute Gasteiger partial charge is 0.250 e. The Balaban J connectivity index is 1.54. The summed E-state index contributed by atoms with van der Waals surface area (Å²) in [5, 5.41) is 11.1. The van der Waals surface area contributed by atoms with Gasteiger partial charge in [-0.05, 0) is 26.0 Å². The van der Waals surface area contributed by atoms with Crippen LogP contribution in [0.4, 0.5) is 5.13 Å². The van der Waals surface area contributed by atoms with E-state index in [4.69, 9.17) is 11.6 Å². The van der Waals surface area contributed by atoms with Crippen LogP contribution in [0.1, 0.15) is 17.0 Å². The molecule has 0 atom stereocenters. The molecule has 0 aliphatic heterocycles. The van der Waals surface area contributed by atoms with Crippen molar-refractivity contribution in [1.29, 1.82) is 0 Å². The number of nitrogens with zero attached hydrogens (tertiary/aromatic N) is 3. The third kappa shape index (κ3) is 3.34. The molecule has 0 aliphatic rings. The molecule has 0 bridgehead atoms. The molecule has 2 N–H and O–H groups in total. The van der Waals surface area contributed by atoms with E-state index < -0.39 is 0 Å². The molecule has 6 nitrogen and oxygen atoms in total. The topological polar surface area (TPSA) is 75.6 Å². The Labute approximate surface area is 170 Å². The van der Waals surface area contributed by atoms with E-state index in [1.165, 1.54) is 17.4 Å². The number of para-hydroxylation sites is 1. The molecule has 0 saturated heterocycles. The summed E-state index contributed by atoms with van der Waals surface area (Å²) in [6.07, 6.45) is 3.10. The number of carbonyl (C=O) groups excluding carboxylic acids is 1. The Morgan fingerprint density at radius 3 is 2.86 bits per heavy atom. The van der Waals surface area contributed by atoms with Crippen LogP contribution in [-0.2, 0) is 11.8 Å². The highest BCUT2D eigenvalue weighted by atomic mass is 35.5. The number of anilines is 1. The largest absolute Gasteiger partial charge is 0.358 e. The van der Waals surface area contributed by atoms with Gasteiger partial charge in [-0.2, -0.15) is 5.10 Å². The average molecular weight is 412 g/mol. The van der Waals surface area contributed by atoms with Crippen LogP contribution in [0.2, 0.25) is 5.15 Å². The van der Waals surface area contributed by atoms with Crippen LogP contribution in [0, 0.1) is 13.8 Å². The number of H-pyrrole nitrogens is 1. The maximum absolute atomic E-state index is 12.3. The molecule has 8 heteroatoms. The van der Waals surface area contributed by atoms with E-state index in [-0.39, 0.29) is 5.91 Å². The molecule has 0 radical (unpaired) electrons. The van der Waals surface area contributed by atoms with Crippen molar-refractivity contribution in [2.45, 2.75) is 13.8 Å². The summed E-state index contributed by atoms with van der Waals surface area (Å²) < 4.78 is 1.57. The van der Waals surface area contributed by atoms with E-state index in [0.29, 0.717) is 10.3 Å². The van der Waals surface area contributed by atoms with Crippen molar-refractivity contribution >= 4 is 51.0 Å². The predicted octanol–water partition coefficient (Wildman–Crippen LogP) is 4.95. The Bertz CT molecular complexity index is 1220. The van der Waals surface area contributed by atoms with Crippen molar-refractivity contribution in [1.82, 2.24) is 19.7 Å². The molecular formula is C20H18ClN5OS. The van der Waals surface area contributed by atoms with Crippen LogP contribution in [0.3, 0.4) is 0 Å². The van der Waals surface area contributed by atoms with Crippen LogP contribution in [0.5, 0.6) is 0 Å². The van der Waals surface area contributed by atoms with Crippen LogP contribution in [0.25, 0.3) is 28.2 Å². The number of hydrogen-bond donors (Lipinski definition) is 2. The van der Waals surface area contributed by atoms with Gasteiger partial charge in [0.05, 0.1) is 11.4 Å². The number of fused-ring (bicyclic) bond motifs is 1. The van der Waals surface area contributed by atoms with Gasteiger partial charge < -0.3 is 4.98 Å². The predicted molar refractivity (Wildman–Crippen MR) is 115 cm³/mol. The molecule has 4 aromatic rings. The Morgan fingerprint density at radius 2 is 2.11 bits per heavy atom. The van der Waals surface area contributed by atoms with Gasteiger partial charge >= 0.3 is 0 Å². The number of halogens is 1. The quantitative estimate of drug-likeness (QED) is 0.466. The van der Waals surface area contributed by atoms with Crippen molar-refractivity contribution < 1.29 is 4.79 Å². The Kier molecular flexibility index (Phi) is 4.78. The number of aromatic amines is 1. The average Bonchev–Trinajstić information content (AvgIpc) is 3.30. The van der Waals surface area contributed by atoms with Crippen molar-refractivity contribution in [2.24, 2.45) is 7.05 Å². The molecule has 0 spiro atoms. The molecule has 1 amide bonds. The van der Waals surface area contributed by atoms with Crippen molar-refractivity contribution in [3.05, 3.63) is 57.8 Å². The van der Waals surface area contributed by atoms with Gasteiger partial charge in [-0.15, -0.1) is 11.3 Å². The summed E-state index contributed by atoms with van der Waals surface area (Å²) in [7, 11) is 1.76. The first-order chi connectivity index (χ1) is 13.4. The summed E-state index contributed by atoms with van der Waals surface area (Å²) in [4.78, 5) is 20.2. The molecule has 28 heavy (non-hydrogen) atoms.